The van der Waals surface area contributed by atoms with Gasteiger partial charge in [0, 0.05) is 74.9 Å². The van der Waals surface area contributed by atoms with Crippen molar-refractivity contribution in [3.05, 3.63) is 131 Å². The number of ether oxygens (including phenoxy) is 7. The zero-order chi connectivity index (χ0) is 61.0. The molecule has 3 aliphatic heterocycles. The molecular formula is C62H72F2N10O13. The largest absolute Gasteiger partial charge is 0.449 e. The number of rotatable bonds is 33. The van der Waals surface area contributed by atoms with E-state index < -0.39 is 54.8 Å². The van der Waals surface area contributed by atoms with Crippen molar-refractivity contribution in [3.8, 4) is 28.5 Å². The minimum atomic E-state index is -3.19. The number of hydrogen-bond acceptors (Lipinski definition) is 16. The third kappa shape index (κ3) is 17.7. The smallest absolute Gasteiger partial charge is 0.407 e. The number of amides is 6. The Morgan fingerprint density at radius 2 is 1.33 bits per heavy atom. The van der Waals surface area contributed by atoms with Crippen LogP contribution in [0.2, 0.25) is 0 Å². The number of hydrogen-bond donors (Lipinski definition) is 4. The summed E-state index contributed by atoms with van der Waals surface area (Å²) in [4.78, 5) is 79.3. The molecule has 4 aromatic carbocycles. The van der Waals surface area contributed by atoms with E-state index in [0.717, 1.165) is 38.3 Å². The molecule has 0 spiro atoms. The lowest BCUT2D eigenvalue weighted by Gasteiger charge is -2.22. The molecular weight excluding hydrogens is 1130 g/mol. The van der Waals surface area contributed by atoms with E-state index in [9.17, 15) is 42.8 Å². The molecule has 3 atom stereocenters. The minimum absolute atomic E-state index is 0.00826. The van der Waals surface area contributed by atoms with Gasteiger partial charge < -0.3 is 64.2 Å². The average Bonchev–Trinajstić information content (AvgIpc) is 2.04. The number of nitrogens with zero attached hydrogens (tertiary/aromatic N) is 6. The number of fused-ring (bicyclic) bond motifs is 4. The normalized spacial score (nSPS) is 17.3. The Morgan fingerprint density at radius 3 is 1.99 bits per heavy atom. The Hall–Kier alpha value is -8.25. The summed E-state index contributed by atoms with van der Waals surface area (Å²) in [6.07, 6.45) is 0.512. The Bertz CT molecular complexity index is 3170. The number of nitriles is 1. The summed E-state index contributed by atoms with van der Waals surface area (Å²) in [6, 6.07) is 28.4. The van der Waals surface area contributed by atoms with Crippen molar-refractivity contribution in [2.24, 2.45) is 5.92 Å². The minimum Gasteiger partial charge on any atom is -0.449 e. The van der Waals surface area contributed by atoms with Crippen molar-refractivity contribution in [1.29, 1.82) is 5.26 Å². The SMILES string of the molecule is N#C[C@@H]1CC(F)(F)CN1C(=O)[C@@H]1C[C@@H](CC(=O)N2Cc3cccc(Cn4cc(-c5ccc(C(=O)NCCNC(=O)CCOCCOCCOCCOCCOCCOCCNC(=O)OCC6c7ccccc7-c7ccccc76)cc5)nn4)c3C2)C(=O)N1. The van der Waals surface area contributed by atoms with Gasteiger partial charge in [0.2, 0.25) is 23.6 Å². The van der Waals surface area contributed by atoms with Gasteiger partial charge in [-0.1, -0.05) is 84.1 Å². The van der Waals surface area contributed by atoms with Crippen molar-refractivity contribution < 1.29 is 70.7 Å². The van der Waals surface area contributed by atoms with Crippen molar-refractivity contribution in [3.63, 3.8) is 0 Å². The molecule has 0 radical (unpaired) electrons. The van der Waals surface area contributed by atoms with E-state index in [0.29, 0.717) is 110 Å². The lowest BCUT2D eigenvalue weighted by Crippen LogP contribution is -2.46. The number of aromatic nitrogens is 3. The molecule has 6 amide bonds. The van der Waals surface area contributed by atoms with Crippen LogP contribution in [0, 0.1) is 17.2 Å². The van der Waals surface area contributed by atoms with Crippen molar-refractivity contribution >= 4 is 35.6 Å². The number of likely N-dealkylation sites (tertiary alicyclic amines) is 1. The molecule has 4 N–H and O–H groups in total. The van der Waals surface area contributed by atoms with E-state index >= 15 is 0 Å². The number of benzene rings is 4. The molecule has 0 bridgehead atoms. The Kier molecular flexibility index (Phi) is 22.8. The fraction of sp³-hybridized carbons (Fsp3) is 0.468. The topological polar surface area (TPSA) is 276 Å². The van der Waals surface area contributed by atoms with E-state index in [1.807, 2.05) is 42.5 Å². The highest BCUT2D eigenvalue weighted by atomic mass is 19.3. The number of alkyl halides is 2. The van der Waals surface area contributed by atoms with Crippen LogP contribution in [0.25, 0.3) is 22.4 Å². The first kappa shape index (κ1) is 63.3. The van der Waals surface area contributed by atoms with Crippen LogP contribution >= 0.6 is 0 Å². The highest BCUT2D eigenvalue weighted by Crippen LogP contribution is 2.44. The molecule has 462 valence electrons. The maximum Gasteiger partial charge on any atom is 0.407 e. The molecule has 87 heavy (non-hydrogen) atoms. The fourth-order valence-electron chi connectivity index (χ4n) is 10.9. The fourth-order valence-corrected chi connectivity index (χ4v) is 10.9. The van der Waals surface area contributed by atoms with E-state index in [1.54, 1.807) is 46.1 Å². The van der Waals surface area contributed by atoms with Crippen LogP contribution in [0.1, 0.15) is 69.8 Å². The van der Waals surface area contributed by atoms with Gasteiger partial charge in [0.25, 0.3) is 11.8 Å². The lowest BCUT2D eigenvalue weighted by atomic mass is 9.98. The molecule has 23 nitrogen and oxygen atoms in total. The average molecular weight is 1200 g/mol. The summed E-state index contributed by atoms with van der Waals surface area (Å²) in [5.41, 5.74) is 9.25. The predicted octanol–water partition coefficient (Wildman–Crippen LogP) is 4.36. The quantitative estimate of drug-likeness (QED) is 0.0425. The summed E-state index contributed by atoms with van der Waals surface area (Å²) in [7, 11) is 0. The summed E-state index contributed by atoms with van der Waals surface area (Å²) < 4.78 is 68.4. The van der Waals surface area contributed by atoms with Gasteiger partial charge in [0.15, 0.2) is 0 Å². The van der Waals surface area contributed by atoms with Crippen LogP contribution in [0.15, 0.2) is 97.2 Å². The van der Waals surface area contributed by atoms with E-state index in [2.05, 4.69) is 55.8 Å². The van der Waals surface area contributed by atoms with Crippen LogP contribution in [0.4, 0.5) is 13.6 Å². The standard InChI is InChI=1S/C62H72F2N10O13/c63-62(64)34-47(35-65)74(41-62)60(79)54-32-46(59(78)69-54)33-57(76)72-36-44-6-5-7-45(52(44)38-72)37-73-39-55(70-71-73)42-12-14-43(15-13-42)58(77)67-18-17-66-56(75)16-20-81-22-24-83-26-28-85-30-31-86-29-27-84-25-23-82-21-19-68-61(80)87-40-53-50-10-3-1-8-48(50)49-9-2-4-11-51(49)53/h1-15,39,46-47,53-54H,16-34,36-38,40-41H2,(H,66,75)(H,67,77)(H,68,80)(H,69,78)/t46-,47-,54-/m0/s1. The van der Waals surface area contributed by atoms with Gasteiger partial charge in [0.05, 0.1) is 105 Å². The summed E-state index contributed by atoms with van der Waals surface area (Å²) >= 11 is 0. The van der Waals surface area contributed by atoms with Crippen LogP contribution < -0.4 is 21.3 Å². The predicted molar refractivity (Wildman–Crippen MR) is 309 cm³/mol. The number of halogens is 2. The van der Waals surface area contributed by atoms with Gasteiger partial charge in [-0.05, 0) is 57.5 Å². The highest BCUT2D eigenvalue weighted by Gasteiger charge is 2.50. The van der Waals surface area contributed by atoms with Crippen molar-refractivity contribution in [2.75, 3.05) is 112 Å². The summed E-state index contributed by atoms with van der Waals surface area (Å²) in [5, 5.41) is 28.8. The Labute approximate surface area is 502 Å². The Balaban J connectivity index is 0.538. The first-order chi connectivity index (χ1) is 42.3. The van der Waals surface area contributed by atoms with Crippen LogP contribution in [0.3, 0.4) is 0 Å². The number of alkyl carbamates (subject to hydrolysis) is 1. The third-order valence-corrected chi connectivity index (χ3v) is 15.3. The number of carbonyl (C=O) groups excluding carboxylic acids is 6. The zero-order valence-corrected chi connectivity index (χ0v) is 48.3. The molecule has 0 saturated carbocycles. The zero-order valence-electron chi connectivity index (χ0n) is 48.3. The second kappa shape index (κ2) is 31.4. The van der Waals surface area contributed by atoms with Gasteiger partial charge in [-0.15, -0.1) is 5.10 Å². The molecule has 0 unspecified atom stereocenters. The number of carbonyl (C=O) groups is 6. The molecule has 4 heterocycles. The summed E-state index contributed by atoms with van der Waals surface area (Å²) in [6.45, 7) is 5.56. The molecule has 25 heteroatoms. The maximum atomic E-state index is 14.0. The van der Waals surface area contributed by atoms with Gasteiger partial charge in [0.1, 0.15) is 24.4 Å². The molecule has 1 aliphatic carbocycles. The van der Waals surface area contributed by atoms with Gasteiger partial charge in [-0.2, -0.15) is 5.26 Å². The molecule has 2 saturated heterocycles. The molecule has 5 aromatic rings. The molecule has 4 aliphatic rings. The van der Waals surface area contributed by atoms with Gasteiger partial charge >= 0.3 is 6.09 Å². The number of nitrogens with one attached hydrogen (secondary N) is 4. The Morgan fingerprint density at radius 1 is 0.713 bits per heavy atom. The highest BCUT2D eigenvalue weighted by molar-refractivity contribution is 5.95. The summed E-state index contributed by atoms with van der Waals surface area (Å²) in [5.74, 6) is -6.05. The lowest BCUT2D eigenvalue weighted by molar-refractivity contribution is -0.135. The van der Waals surface area contributed by atoms with Crippen LogP contribution in [-0.4, -0.2) is 190 Å². The molecule has 1 aromatic heterocycles. The van der Waals surface area contributed by atoms with Crippen LogP contribution in [-0.2, 0) is 72.0 Å². The van der Waals surface area contributed by atoms with E-state index in [4.69, 9.17) is 33.2 Å². The first-order valence-electron chi connectivity index (χ1n) is 29.2. The van der Waals surface area contributed by atoms with Crippen LogP contribution in [0.5, 0.6) is 0 Å². The third-order valence-electron chi connectivity index (χ3n) is 15.3. The van der Waals surface area contributed by atoms with Gasteiger partial charge in [-0.25, -0.2) is 18.3 Å². The van der Waals surface area contributed by atoms with E-state index in [-0.39, 0.29) is 69.2 Å². The van der Waals surface area contributed by atoms with Crippen molar-refractivity contribution in [2.45, 2.75) is 69.2 Å². The monoisotopic (exact) mass is 1200 g/mol. The maximum absolute atomic E-state index is 14.0. The second-order valence-electron chi connectivity index (χ2n) is 21.3. The van der Waals surface area contributed by atoms with Gasteiger partial charge in [-0.3, -0.25) is 24.0 Å². The molecule has 2 fully saturated rings. The van der Waals surface area contributed by atoms with Crippen molar-refractivity contribution in [1.82, 2.24) is 46.1 Å². The molecule has 9 rings (SSSR count). The first-order valence-corrected chi connectivity index (χ1v) is 29.2. The van der Waals surface area contributed by atoms with E-state index in [1.165, 1.54) is 11.1 Å². The second-order valence-corrected chi connectivity index (χ2v) is 21.3.